The third kappa shape index (κ3) is 3.22. The second kappa shape index (κ2) is 6.88. The number of hydrogen-bond acceptors (Lipinski definition) is 5. The van der Waals surface area contributed by atoms with Crippen molar-refractivity contribution < 1.29 is 4.79 Å². The molecule has 0 spiro atoms. The fourth-order valence-corrected chi connectivity index (χ4v) is 5.16. The Morgan fingerprint density at radius 1 is 1.20 bits per heavy atom. The number of aromatic nitrogens is 2. The predicted molar refractivity (Wildman–Crippen MR) is 99.0 cm³/mol. The number of amides is 1. The van der Waals surface area contributed by atoms with Crippen molar-refractivity contribution in [2.24, 2.45) is 0 Å². The normalized spacial score (nSPS) is 18.5. The van der Waals surface area contributed by atoms with Gasteiger partial charge < -0.3 is 9.88 Å². The van der Waals surface area contributed by atoms with Gasteiger partial charge in [-0.3, -0.25) is 14.5 Å². The van der Waals surface area contributed by atoms with Crippen LogP contribution in [0, 0.1) is 0 Å². The van der Waals surface area contributed by atoms with E-state index in [-0.39, 0.29) is 11.5 Å². The first-order valence-electron chi connectivity index (χ1n) is 9.19. The highest BCUT2D eigenvalue weighted by Crippen LogP contribution is 2.33. The van der Waals surface area contributed by atoms with Crippen molar-refractivity contribution in [3.8, 4) is 0 Å². The molecule has 3 heterocycles. The summed E-state index contributed by atoms with van der Waals surface area (Å²) >= 11 is 1.69. The Balaban J connectivity index is 1.51. The summed E-state index contributed by atoms with van der Waals surface area (Å²) < 4.78 is 0. The number of nitrogens with one attached hydrogen (secondary N) is 1. The van der Waals surface area contributed by atoms with Crippen molar-refractivity contribution in [1.29, 1.82) is 0 Å². The maximum absolute atomic E-state index is 12.6. The zero-order chi connectivity index (χ0) is 17.4. The first-order chi connectivity index (χ1) is 12.2. The molecule has 25 heavy (non-hydrogen) atoms. The van der Waals surface area contributed by atoms with Gasteiger partial charge in [-0.2, -0.15) is 0 Å². The summed E-state index contributed by atoms with van der Waals surface area (Å²) in [5, 5.41) is 0.821. The van der Waals surface area contributed by atoms with Gasteiger partial charge in [-0.1, -0.05) is 6.92 Å². The summed E-state index contributed by atoms with van der Waals surface area (Å²) in [5.74, 6) is 0.961. The number of hydrogen-bond donors (Lipinski definition) is 1. The second-order valence-electron chi connectivity index (χ2n) is 6.91. The average molecular weight is 360 g/mol. The smallest absolute Gasteiger partial charge is 0.259 e. The molecule has 134 valence electrons. The summed E-state index contributed by atoms with van der Waals surface area (Å²) in [6.45, 7) is 5.71. The number of carbonyl (C=O) groups is 1. The van der Waals surface area contributed by atoms with Crippen LogP contribution in [-0.4, -0.2) is 51.9 Å². The van der Waals surface area contributed by atoms with Crippen LogP contribution in [0.4, 0.5) is 0 Å². The molecule has 1 aliphatic carbocycles. The van der Waals surface area contributed by atoms with E-state index in [1.165, 1.54) is 23.3 Å². The highest BCUT2D eigenvalue weighted by Gasteiger charge is 2.22. The Kier molecular flexibility index (Phi) is 4.60. The summed E-state index contributed by atoms with van der Waals surface area (Å²) in [6.07, 6.45) is 5.03. The average Bonchev–Trinajstić information content (AvgIpc) is 3.00. The van der Waals surface area contributed by atoms with Crippen molar-refractivity contribution >= 4 is 27.5 Å². The standard InChI is InChI=1S/C18H24N4O2S/c1-2-15(23)22-9-7-21(8-10-22)11-14-19-17(24)16-12-5-3-4-6-13(12)25-18(16)20-14/h2-11H2,1H3,(H,19,20,24). The Bertz CT molecular complexity index is 849. The van der Waals surface area contributed by atoms with Gasteiger partial charge in [-0.05, 0) is 31.2 Å². The zero-order valence-electron chi connectivity index (χ0n) is 14.6. The molecule has 2 aromatic rings. The van der Waals surface area contributed by atoms with Crippen LogP contribution < -0.4 is 5.56 Å². The van der Waals surface area contributed by atoms with E-state index < -0.39 is 0 Å². The first kappa shape index (κ1) is 16.7. The lowest BCUT2D eigenvalue weighted by Gasteiger charge is -2.34. The van der Waals surface area contributed by atoms with E-state index in [0.29, 0.717) is 13.0 Å². The molecule has 0 bridgehead atoms. The van der Waals surface area contributed by atoms with Crippen LogP contribution in [0.3, 0.4) is 0 Å². The second-order valence-corrected chi connectivity index (χ2v) is 8.00. The third-order valence-corrected chi connectivity index (χ3v) is 6.46. The molecule has 7 heteroatoms. The molecular formula is C18H24N4O2S. The fourth-order valence-electron chi connectivity index (χ4n) is 3.87. The van der Waals surface area contributed by atoms with E-state index >= 15 is 0 Å². The molecule has 2 aliphatic rings. The van der Waals surface area contributed by atoms with E-state index in [0.717, 1.165) is 55.1 Å². The Morgan fingerprint density at radius 3 is 2.72 bits per heavy atom. The Hall–Kier alpha value is -1.73. The van der Waals surface area contributed by atoms with Gasteiger partial charge in [0.25, 0.3) is 5.56 Å². The Labute approximate surface area is 150 Å². The summed E-state index contributed by atoms with van der Waals surface area (Å²) in [6, 6.07) is 0. The van der Waals surface area contributed by atoms with Gasteiger partial charge in [0, 0.05) is 37.5 Å². The summed E-state index contributed by atoms with van der Waals surface area (Å²) in [7, 11) is 0. The maximum atomic E-state index is 12.6. The number of rotatable bonds is 3. The molecule has 0 aromatic carbocycles. The number of nitrogens with zero attached hydrogens (tertiary/aromatic N) is 3. The minimum absolute atomic E-state index is 0.0131. The van der Waals surface area contributed by atoms with Gasteiger partial charge in [0.15, 0.2) is 0 Å². The number of aryl methyl sites for hydroxylation is 2. The molecule has 1 amide bonds. The maximum Gasteiger partial charge on any atom is 0.259 e. The number of piperazine rings is 1. The quantitative estimate of drug-likeness (QED) is 0.908. The molecule has 6 nitrogen and oxygen atoms in total. The molecule has 0 radical (unpaired) electrons. The van der Waals surface area contributed by atoms with E-state index in [4.69, 9.17) is 4.98 Å². The van der Waals surface area contributed by atoms with Crippen LogP contribution >= 0.6 is 11.3 Å². The molecule has 1 N–H and O–H groups in total. The molecule has 1 saturated heterocycles. The first-order valence-corrected chi connectivity index (χ1v) is 10.0. The molecule has 0 saturated carbocycles. The van der Waals surface area contributed by atoms with E-state index in [2.05, 4.69) is 9.88 Å². The summed E-state index contributed by atoms with van der Waals surface area (Å²) in [4.78, 5) is 38.5. The van der Waals surface area contributed by atoms with Crippen LogP contribution in [0.5, 0.6) is 0 Å². The zero-order valence-corrected chi connectivity index (χ0v) is 15.5. The molecular weight excluding hydrogens is 336 g/mol. The predicted octanol–water partition coefficient (Wildman–Crippen LogP) is 1.92. The minimum atomic E-state index is 0.0131. The van der Waals surface area contributed by atoms with Crippen molar-refractivity contribution in [3.63, 3.8) is 0 Å². The van der Waals surface area contributed by atoms with Crippen LogP contribution in [0.2, 0.25) is 0 Å². The molecule has 0 atom stereocenters. The van der Waals surface area contributed by atoms with E-state index in [1.54, 1.807) is 11.3 Å². The number of fused-ring (bicyclic) bond motifs is 3. The SMILES string of the molecule is CCC(=O)N1CCN(Cc2nc3sc4c(c3c(=O)[nH]2)CCCC4)CC1. The van der Waals surface area contributed by atoms with Crippen LogP contribution in [0.25, 0.3) is 10.2 Å². The fraction of sp³-hybridized carbons (Fsp3) is 0.611. The third-order valence-electron chi connectivity index (χ3n) is 5.27. The van der Waals surface area contributed by atoms with Gasteiger partial charge >= 0.3 is 0 Å². The topological polar surface area (TPSA) is 69.3 Å². The highest BCUT2D eigenvalue weighted by molar-refractivity contribution is 7.18. The van der Waals surface area contributed by atoms with E-state index in [9.17, 15) is 9.59 Å². The van der Waals surface area contributed by atoms with Crippen molar-refractivity contribution in [2.75, 3.05) is 26.2 Å². The number of carbonyl (C=O) groups excluding carboxylic acids is 1. The molecule has 1 fully saturated rings. The van der Waals surface area contributed by atoms with Crippen LogP contribution in [0.1, 0.15) is 42.5 Å². The minimum Gasteiger partial charge on any atom is -0.340 e. The van der Waals surface area contributed by atoms with Gasteiger partial charge in [0.05, 0.1) is 11.9 Å². The Morgan fingerprint density at radius 2 is 1.96 bits per heavy atom. The van der Waals surface area contributed by atoms with Gasteiger partial charge in [-0.15, -0.1) is 11.3 Å². The van der Waals surface area contributed by atoms with Crippen LogP contribution in [-0.2, 0) is 24.2 Å². The lowest BCUT2D eigenvalue weighted by Crippen LogP contribution is -2.48. The number of H-pyrrole nitrogens is 1. The highest BCUT2D eigenvalue weighted by atomic mass is 32.1. The van der Waals surface area contributed by atoms with Gasteiger partial charge in [-0.25, -0.2) is 4.98 Å². The number of aromatic amines is 1. The lowest BCUT2D eigenvalue weighted by molar-refractivity contribution is -0.132. The molecule has 0 unspecified atom stereocenters. The van der Waals surface area contributed by atoms with Crippen molar-refractivity contribution in [3.05, 3.63) is 26.6 Å². The molecule has 2 aromatic heterocycles. The van der Waals surface area contributed by atoms with Crippen molar-refractivity contribution in [1.82, 2.24) is 19.8 Å². The monoisotopic (exact) mass is 360 g/mol. The number of thiophene rings is 1. The lowest BCUT2D eigenvalue weighted by atomic mass is 9.97. The summed E-state index contributed by atoms with van der Waals surface area (Å²) in [5.41, 5.74) is 1.25. The van der Waals surface area contributed by atoms with Gasteiger partial charge in [0.2, 0.25) is 5.91 Å². The largest absolute Gasteiger partial charge is 0.340 e. The van der Waals surface area contributed by atoms with E-state index in [1.807, 2.05) is 11.8 Å². The van der Waals surface area contributed by atoms with Crippen molar-refractivity contribution in [2.45, 2.75) is 45.6 Å². The van der Waals surface area contributed by atoms with Gasteiger partial charge in [0.1, 0.15) is 10.7 Å². The van der Waals surface area contributed by atoms with Crippen LogP contribution in [0.15, 0.2) is 4.79 Å². The molecule has 4 rings (SSSR count). The molecule has 1 aliphatic heterocycles.